The Morgan fingerprint density at radius 3 is 0.750 bits per heavy atom. The lowest BCUT2D eigenvalue weighted by atomic mass is 10.0. The summed E-state index contributed by atoms with van der Waals surface area (Å²) in [6.45, 7) is 6.64. The largest absolute Gasteiger partial charge is 0.462 e. The number of carbonyl (C=O) groups is 3. The van der Waals surface area contributed by atoms with Crippen LogP contribution in [0, 0.1) is 0 Å². The van der Waals surface area contributed by atoms with Crippen molar-refractivity contribution in [1.82, 2.24) is 0 Å². The zero-order valence-electron chi connectivity index (χ0n) is 50.8. The van der Waals surface area contributed by atoms with Gasteiger partial charge in [-0.1, -0.05) is 281 Å². The molecule has 0 aromatic heterocycles. The Morgan fingerprint density at radius 2 is 0.474 bits per heavy atom. The minimum atomic E-state index is -0.782. The molecule has 0 saturated carbocycles. The Hall–Kier alpha value is -2.89. The van der Waals surface area contributed by atoms with E-state index < -0.39 is 6.10 Å². The van der Waals surface area contributed by atoms with Gasteiger partial charge in [0.25, 0.3) is 0 Å². The van der Waals surface area contributed by atoms with Crippen molar-refractivity contribution in [3.8, 4) is 0 Å². The number of esters is 3. The van der Waals surface area contributed by atoms with Crippen LogP contribution in [0.25, 0.3) is 0 Å². The molecule has 442 valence electrons. The molecule has 0 fully saturated rings. The number of hydrogen-bond acceptors (Lipinski definition) is 6. The first-order chi connectivity index (χ1) is 37.5. The molecule has 0 N–H and O–H groups in total. The Labute approximate surface area is 472 Å². The van der Waals surface area contributed by atoms with E-state index in [1.54, 1.807) is 0 Å². The van der Waals surface area contributed by atoms with E-state index in [4.69, 9.17) is 14.2 Å². The standard InChI is InChI=1S/C70H126O6/c1-4-7-10-13-16-19-22-25-28-29-30-31-32-33-34-35-36-37-38-39-40-41-43-45-48-51-54-57-60-63-69(72)75-66-67(65-74-68(71)62-59-56-53-50-47-44-27-24-21-18-15-12-9-6-3)76-70(73)64-61-58-55-52-49-46-42-26-23-20-17-14-11-8-5-2/h22,24-27,29-30,32-33,42,67H,4-21,23,28,31,34-41,43-66H2,1-3H3/b25-22-,27-24-,30-29-,33-32-,42-26-. The number of unbranched alkanes of at least 4 members (excludes halogenated alkanes) is 40. The summed E-state index contributed by atoms with van der Waals surface area (Å²) >= 11 is 0. The molecule has 0 radical (unpaired) electrons. The molecule has 0 amide bonds. The van der Waals surface area contributed by atoms with Gasteiger partial charge in [0.1, 0.15) is 13.2 Å². The summed E-state index contributed by atoms with van der Waals surface area (Å²) in [5, 5.41) is 0. The highest BCUT2D eigenvalue weighted by Gasteiger charge is 2.19. The van der Waals surface area contributed by atoms with Crippen LogP contribution in [0.3, 0.4) is 0 Å². The lowest BCUT2D eigenvalue weighted by Gasteiger charge is -2.18. The quantitative estimate of drug-likeness (QED) is 0.0261. The van der Waals surface area contributed by atoms with Crippen LogP contribution in [0.2, 0.25) is 0 Å². The van der Waals surface area contributed by atoms with E-state index in [1.807, 2.05) is 0 Å². The van der Waals surface area contributed by atoms with Gasteiger partial charge in [0, 0.05) is 19.3 Å². The second-order valence-electron chi connectivity index (χ2n) is 22.4. The smallest absolute Gasteiger partial charge is 0.306 e. The van der Waals surface area contributed by atoms with Crippen molar-refractivity contribution >= 4 is 17.9 Å². The van der Waals surface area contributed by atoms with E-state index in [2.05, 4.69) is 81.5 Å². The maximum Gasteiger partial charge on any atom is 0.306 e. The molecule has 6 nitrogen and oxygen atoms in total. The second kappa shape index (κ2) is 64.6. The summed E-state index contributed by atoms with van der Waals surface area (Å²) in [7, 11) is 0. The average Bonchev–Trinajstić information content (AvgIpc) is 3.42. The third kappa shape index (κ3) is 62.0. The van der Waals surface area contributed by atoms with Gasteiger partial charge in [0.15, 0.2) is 6.10 Å². The summed E-state index contributed by atoms with van der Waals surface area (Å²) in [5.74, 6) is -0.879. The highest BCUT2D eigenvalue weighted by atomic mass is 16.6. The van der Waals surface area contributed by atoms with Crippen molar-refractivity contribution in [2.45, 2.75) is 354 Å². The zero-order chi connectivity index (χ0) is 55.0. The van der Waals surface area contributed by atoms with Gasteiger partial charge in [0.2, 0.25) is 0 Å². The number of ether oxygens (including phenoxy) is 3. The van der Waals surface area contributed by atoms with Crippen LogP contribution in [-0.4, -0.2) is 37.2 Å². The highest BCUT2D eigenvalue weighted by Crippen LogP contribution is 2.17. The summed E-state index contributed by atoms with van der Waals surface area (Å²) in [5.41, 5.74) is 0. The van der Waals surface area contributed by atoms with E-state index in [0.29, 0.717) is 19.3 Å². The van der Waals surface area contributed by atoms with Crippen molar-refractivity contribution in [2.24, 2.45) is 0 Å². The van der Waals surface area contributed by atoms with Crippen LogP contribution in [0.15, 0.2) is 60.8 Å². The predicted octanol–water partition coefficient (Wildman–Crippen LogP) is 22.7. The Balaban J connectivity index is 4.22. The minimum absolute atomic E-state index is 0.0779. The fourth-order valence-corrected chi connectivity index (χ4v) is 9.68. The molecule has 1 atom stereocenters. The molecule has 0 aliphatic carbocycles. The van der Waals surface area contributed by atoms with E-state index in [-0.39, 0.29) is 31.1 Å². The molecule has 0 saturated heterocycles. The van der Waals surface area contributed by atoms with Gasteiger partial charge >= 0.3 is 17.9 Å². The van der Waals surface area contributed by atoms with E-state index in [0.717, 1.165) is 89.9 Å². The van der Waals surface area contributed by atoms with Crippen LogP contribution in [0.5, 0.6) is 0 Å². The van der Waals surface area contributed by atoms with Gasteiger partial charge < -0.3 is 14.2 Å². The summed E-state index contributed by atoms with van der Waals surface area (Å²) in [4.78, 5) is 38.3. The van der Waals surface area contributed by atoms with Crippen molar-refractivity contribution in [2.75, 3.05) is 13.2 Å². The van der Waals surface area contributed by atoms with Gasteiger partial charge in [0.05, 0.1) is 0 Å². The molecule has 0 spiro atoms. The maximum atomic E-state index is 12.9. The van der Waals surface area contributed by atoms with Crippen LogP contribution in [-0.2, 0) is 28.6 Å². The maximum absolute atomic E-state index is 12.9. The fourth-order valence-electron chi connectivity index (χ4n) is 9.68. The molecule has 76 heavy (non-hydrogen) atoms. The van der Waals surface area contributed by atoms with Crippen LogP contribution < -0.4 is 0 Å². The van der Waals surface area contributed by atoms with Gasteiger partial charge in [-0.05, 0) is 109 Å². The highest BCUT2D eigenvalue weighted by molar-refractivity contribution is 5.71. The molecular weight excluding hydrogens is 937 g/mol. The second-order valence-corrected chi connectivity index (χ2v) is 22.4. The summed E-state index contributed by atoms with van der Waals surface area (Å²) < 4.78 is 16.9. The lowest BCUT2D eigenvalue weighted by Crippen LogP contribution is -2.30. The monoisotopic (exact) mass is 1060 g/mol. The number of allylic oxidation sites excluding steroid dienone is 10. The third-order valence-corrected chi connectivity index (χ3v) is 14.7. The van der Waals surface area contributed by atoms with E-state index in [9.17, 15) is 14.4 Å². The topological polar surface area (TPSA) is 78.9 Å². The normalized spacial score (nSPS) is 12.4. The van der Waals surface area contributed by atoms with Crippen molar-refractivity contribution < 1.29 is 28.6 Å². The molecule has 0 rings (SSSR count). The number of rotatable bonds is 61. The molecule has 0 heterocycles. The number of carbonyl (C=O) groups excluding carboxylic acids is 3. The first-order valence-corrected chi connectivity index (χ1v) is 33.3. The van der Waals surface area contributed by atoms with Crippen LogP contribution >= 0.6 is 0 Å². The molecule has 0 aromatic rings. The number of hydrogen-bond donors (Lipinski definition) is 0. The van der Waals surface area contributed by atoms with Gasteiger partial charge in [-0.25, -0.2) is 0 Å². The Morgan fingerprint density at radius 1 is 0.263 bits per heavy atom. The molecule has 6 heteroatoms. The first kappa shape index (κ1) is 73.1. The first-order valence-electron chi connectivity index (χ1n) is 33.3. The van der Waals surface area contributed by atoms with Crippen LogP contribution in [0.4, 0.5) is 0 Å². The Kier molecular flexibility index (Phi) is 62.2. The SMILES string of the molecule is CCCCCCC/C=C\C/C=C\C/C=C\CCCCCCCCCCCCCCCCC(=O)OCC(COC(=O)CCCCCCC/C=C\CCCCCCC)OC(=O)CCCCCCC/C=C\CCCCCCCC. The van der Waals surface area contributed by atoms with Crippen molar-refractivity contribution in [1.29, 1.82) is 0 Å². The molecular formula is C70H126O6. The Bertz CT molecular complexity index is 1360. The fraction of sp³-hybridized carbons (Fsp3) is 0.814. The third-order valence-electron chi connectivity index (χ3n) is 14.7. The minimum Gasteiger partial charge on any atom is -0.462 e. The lowest BCUT2D eigenvalue weighted by molar-refractivity contribution is -0.167. The van der Waals surface area contributed by atoms with Gasteiger partial charge in [-0.15, -0.1) is 0 Å². The summed E-state index contributed by atoms with van der Waals surface area (Å²) in [6.07, 6.45) is 82.4. The molecule has 0 bridgehead atoms. The molecule has 0 aliphatic heterocycles. The average molecular weight is 1060 g/mol. The van der Waals surface area contributed by atoms with Gasteiger partial charge in [-0.2, -0.15) is 0 Å². The zero-order valence-corrected chi connectivity index (χ0v) is 50.8. The van der Waals surface area contributed by atoms with E-state index in [1.165, 1.54) is 218 Å². The van der Waals surface area contributed by atoms with Crippen molar-refractivity contribution in [3.05, 3.63) is 60.8 Å². The van der Waals surface area contributed by atoms with Crippen molar-refractivity contribution in [3.63, 3.8) is 0 Å². The predicted molar refractivity (Wildman–Crippen MR) is 330 cm³/mol. The van der Waals surface area contributed by atoms with Gasteiger partial charge in [-0.3, -0.25) is 14.4 Å². The molecule has 1 unspecified atom stereocenters. The van der Waals surface area contributed by atoms with Crippen LogP contribution in [0.1, 0.15) is 348 Å². The molecule has 0 aromatic carbocycles. The summed E-state index contributed by atoms with van der Waals surface area (Å²) in [6, 6.07) is 0. The molecule has 0 aliphatic rings. The van der Waals surface area contributed by atoms with E-state index >= 15 is 0 Å².